The minimum atomic E-state index is -0.787. The highest BCUT2D eigenvalue weighted by Crippen LogP contribution is 2.09. The van der Waals surface area contributed by atoms with E-state index in [2.05, 4.69) is 10.6 Å². The first-order chi connectivity index (χ1) is 12.2. The Labute approximate surface area is 146 Å². The molecule has 6 heteroatoms. The molecular formula is C19H19N3O3. The summed E-state index contributed by atoms with van der Waals surface area (Å²) in [6.45, 7) is 0.139. The lowest BCUT2D eigenvalue weighted by Gasteiger charge is -2.18. The van der Waals surface area contributed by atoms with E-state index in [-0.39, 0.29) is 25.5 Å². The largest absolute Gasteiger partial charge is 0.494 e. The number of hydrogen-bond acceptors (Lipinski definition) is 4. The number of hydrogen-bond donors (Lipinski definition) is 2. The average molecular weight is 337 g/mol. The molecular weight excluding hydrogens is 318 g/mol. The molecule has 0 heterocycles. The fourth-order valence-corrected chi connectivity index (χ4v) is 2.16. The monoisotopic (exact) mass is 337 g/mol. The second-order valence-electron chi connectivity index (χ2n) is 5.22. The van der Waals surface area contributed by atoms with Crippen LogP contribution in [0, 0.1) is 11.3 Å². The number of para-hydroxylation sites is 1. The number of carbonyl (C=O) groups excluding carboxylic acids is 2. The van der Waals surface area contributed by atoms with Crippen LogP contribution in [0.4, 0.5) is 0 Å². The molecule has 0 saturated heterocycles. The second kappa shape index (κ2) is 9.73. The van der Waals surface area contributed by atoms with Crippen LogP contribution in [0.15, 0.2) is 60.7 Å². The summed E-state index contributed by atoms with van der Waals surface area (Å²) < 4.78 is 5.58. The van der Waals surface area contributed by atoms with E-state index in [4.69, 9.17) is 10.00 Å². The number of benzene rings is 2. The number of amides is 2. The Hall–Kier alpha value is -3.33. The number of ether oxygens (including phenoxy) is 1. The highest BCUT2D eigenvalue weighted by Gasteiger charge is 2.21. The Bertz CT molecular complexity index is 727. The van der Waals surface area contributed by atoms with Crippen molar-refractivity contribution in [3.63, 3.8) is 0 Å². The fourth-order valence-electron chi connectivity index (χ4n) is 2.16. The number of carbonyl (C=O) groups is 2. The smallest absolute Gasteiger partial charge is 0.251 e. The third kappa shape index (κ3) is 5.99. The van der Waals surface area contributed by atoms with Crippen LogP contribution < -0.4 is 15.4 Å². The molecule has 128 valence electrons. The molecule has 6 nitrogen and oxygen atoms in total. The summed E-state index contributed by atoms with van der Waals surface area (Å²) in [5.41, 5.74) is 0.463. The van der Waals surface area contributed by atoms with Gasteiger partial charge in [0.25, 0.3) is 5.91 Å². The minimum absolute atomic E-state index is 0.115. The van der Waals surface area contributed by atoms with E-state index in [0.29, 0.717) is 11.3 Å². The van der Waals surface area contributed by atoms with Gasteiger partial charge in [-0.3, -0.25) is 9.59 Å². The molecule has 0 saturated carbocycles. The average Bonchev–Trinajstić information content (AvgIpc) is 2.66. The first-order valence-electron chi connectivity index (χ1n) is 7.89. The molecule has 0 bridgehead atoms. The van der Waals surface area contributed by atoms with Crippen LogP contribution in [0.2, 0.25) is 0 Å². The van der Waals surface area contributed by atoms with Gasteiger partial charge >= 0.3 is 0 Å². The summed E-state index contributed by atoms with van der Waals surface area (Å²) in [6.07, 6.45) is 0.282. The van der Waals surface area contributed by atoms with Crippen LogP contribution in [0.5, 0.6) is 5.75 Å². The zero-order chi connectivity index (χ0) is 17.9. The van der Waals surface area contributed by atoms with Crippen LogP contribution in [-0.4, -0.2) is 31.0 Å². The molecule has 0 aromatic heterocycles. The molecule has 2 aromatic carbocycles. The molecule has 2 rings (SSSR count). The van der Waals surface area contributed by atoms with E-state index in [0.717, 1.165) is 0 Å². The van der Waals surface area contributed by atoms with Crippen LogP contribution in [0.3, 0.4) is 0 Å². The lowest BCUT2D eigenvalue weighted by atomic mass is 10.1. The van der Waals surface area contributed by atoms with Crippen molar-refractivity contribution in [1.29, 1.82) is 5.26 Å². The Morgan fingerprint density at radius 1 is 1.04 bits per heavy atom. The maximum absolute atomic E-state index is 12.3. The third-order valence-corrected chi connectivity index (χ3v) is 3.42. The molecule has 2 aromatic rings. The van der Waals surface area contributed by atoms with Crippen molar-refractivity contribution in [1.82, 2.24) is 10.6 Å². The summed E-state index contributed by atoms with van der Waals surface area (Å²) in [6, 6.07) is 18.9. The quantitative estimate of drug-likeness (QED) is 0.720. The zero-order valence-electron chi connectivity index (χ0n) is 13.6. The molecule has 2 N–H and O–H groups in total. The van der Waals surface area contributed by atoms with Crippen molar-refractivity contribution < 1.29 is 14.3 Å². The van der Waals surface area contributed by atoms with Gasteiger partial charge in [0.05, 0.1) is 12.7 Å². The Morgan fingerprint density at radius 2 is 1.68 bits per heavy atom. The number of nitrogens with zero attached hydrogens (tertiary/aromatic N) is 1. The molecule has 1 unspecified atom stereocenters. The summed E-state index contributed by atoms with van der Waals surface area (Å²) >= 11 is 0. The van der Waals surface area contributed by atoms with Crippen LogP contribution >= 0.6 is 0 Å². The van der Waals surface area contributed by atoms with E-state index in [1.54, 1.807) is 24.3 Å². The molecule has 2 amide bonds. The Balaban J connectivity index is 1.96. The number of nitrogens with one attached hydrogen (secondary N) is 2. The van der Waals surface area contributed by atoms with Gasteiger partial charge in [-0.2, -0.15) is 5.26 Å². The van der Waals surface area contributed by atoms with Crippen molar-refractivity contribution in [2.75, 3.05) is 13.2 Å². The van der Waals surface area contributed by atoms with Gasteiger partial charge in [-0.05, 0) is 24.3 Å². The lowest BCUT2D eigenvalue weighted by molar-refractivity contribution is -0.123. The highest BCUT2D eigenvalue weighted by molar-refractivity contribution is 5.97. The molecule has 0 spiro atoms. The molecule has 1 atom stereocenters. The molecule has 0 radical (unpaired) electrons. The van der Waals surface area contributed by atoms with E-state index in [1.165, 1.54) is 0 Å². The molecule has 0 aliphatic heterocycles. The minimum Gasteiger partial charge on any atom is -0.494 e. The van der Waals surface area contributed by atoms with Gasteiger partial charge in [0.2, 0.25) is 5.91 Å². The standard InChI is InChI=1S/C19H19N3O3/c20-12-13-21-19(24)17(11-14-25-16-9-5-2-6-10-16)22-18(23)15-7-3-1-4-8-15/h1-10,17H,11,13-14H2,(H,21,24)(H,22,23). The maximum atomic E-state index is 12.3. The Kier molecular flexibility index (Phi) is 7.01. The van der Waals surface area contributed by atoms with Crippen LogP contribution in [0.1, 0.15) is 16.8 Å². The lowest BCUT2D eigenvalue weighted by Crippen LogP contribution is -2.47. The van der Waals surface area contributed by atoms with Gasteiger partial charge in [0.1, 0.15) is 18.3 Å². The predicted molar refractivity (Wildman–Crippen MR) is 92.9 cm³/mol. The van der Waals surface area contributed by atoms with Crippen molar-refractivity contribution in [3.8, 4) is 11.8 Å². The van der Waals surface area contributed by atoms with Gasteiger partial charge in [0.15, 0.2) is 0 Å². The van der Waals surface area contributed by atoms with Gasteiger partial charge < -0.3 is 15.4 Å². The SMILES string of the molecule is N#CCNC(=O)C(CCOc1ccccc1)NC(=O)c1ccccc1. The first kappa shape index (κ1) is 18.0. The summed E-state index contributed by atoms with van der Waals surface area (Å²) in [5, 5.41) is 13.8. The number of nitriles is 1. The maximum Gasteiger partial charge on any atom is 0.251 e. The normalized spacial score (nSPS) is 11.0. The van der Waals surface area contributed by atoms with Crippen molar-refractivity contribution in [2.45, 2.75) is 12.5 Å². The van der Waals surface area contributed by atoms with E-state index in [9.17, 15) is 9.59 Å². The molecule has 0 aliphatic rings. The van der Waals surface area contributed by atoms with Crippen LogP contribution in [-0.2, 0) is 4.79 Å². The van der Waals surface area contributed by atoms with Crippen LogP contribution in [0.25, 0.3) is 0 Å². The summed E-state index contributed by atoms with van der Waals surface area (Å²) in [5.74, 6) is -0.0759. The topological polar surface area (TPSA) is 91.2 Å². The summed E-state index contributed by atoms with van der Waals surface area (Å²) in [7, 11) is 0. The van der Waals surface area contributed by atoms with E-state index in [1.807, 2.05) is 42.5 Å². The molecule has 25 heavy (non-hydrogen) atoms. The van der Waals surface area contributed by atoms with Crippen molar-refractivity contribution >= 4 is 11.8 Å². The fraction of sp³-hybridized carbons (Fsp3) is 0.211. The summed E-state index contributed by atoms with van der Waals surface area (Å²) in [4.78, 5) is 24.4. The van der Waals surface area contributed by atoms with Gasteiger partial charge in [-0.25, -0.2) is 0 Å². The van der Waals surface area contributed by atoms with Gasteiger partial charge in [-0.1, -0.05) is 36.4 Å². The predicted octanol–water partition coefficient (Wildman–Crippen LogP) is 1.89. The second-order valence-corrected chi connectivity index (χ2v) is 5.22. The van der Waals surface area contributed by atoms with Gasteiger partial charge in [0, 0.05) is 12.0 Å². The van der Waals surface area contributed by atoms with Crippen molar-refractivity contribution in [2.24, 2.45) is 0 Å². The Morgan fingerprint density at radius 3 is 2.32 bits per heavy atom. The van der Waals surface area contributed by atoms with E-state index >= 15 is 0 Å². The first-order valence-corrected chi connectivity index (χ1v) is 7.89. The third-order valence-electron chi connectivity index (χ3n) is 3.42. The zero-order valence-corrected chi connectivity index (χ0v) is 13.6. The molecule has 0 fully saturated rings. The highest BCUT2D eigenvalue weighted by atomic mass is 16.5. The van der Waals surface area contributed by atoms with Gasteiger partial charge in [-0.15, -0.1) is 0 Å². The number of rotatable bonds is 8. The molecule has 0 aliphatic carbocycles. The van der Waals surface area contributed by atoms with E-state index < -0.39 is 11.9 Å². The van der Waals surface area contributed by atoms with Crippen molar-refractivity contribution in [3.05, 3.63) is 66.2 Å².